The second-order valence-corrected chi connectivity index (χ2v) is 6.52. The fourth-order valence-electron chi connectivity index (χ4n) is 3.02. The Morgan fingerprint density at radius 1 is 1.07 bits per heavy atom. The maximum Gasteiger partial charge on any atom is 0.332 e. The summed E-state index contributed by atoms with van der Waals surface area (Å²) in [4.78, 5) is 40.7. The summed E-state index contributed by atoms with van der Waals surface area (Å²) >= 11 is 0. The molecule has 27 heavy (non-hydrogen) atoms. The number of carbonyl (C=O) groups is 1. The lowest BCUT2D eigenvalue weighted by atomic mass is 10.1. The van der Waals surface area contributed by atoms with Gasteiger partial charge in [0.15, 0.2) is 11.2 Å². The van der Waals surface area contributed by atoms with Crippen molar-refractivity contribution >= 4 is 17.1 Å². The first-order valence-corrected chi connectivity index (χ1v) is 8.87. The Labute approximate surface area is 156 Å². The highest BCUT2D eigenvalue weighted by molar-refractivity contribution is 5.78. The van der Waals surface area contributed by atoms with Gasteiger partial charge < -0.3 is 9.88 Å². The lowest BCUT2D eigenvalue weighted by molar-refractivity contribution is -0.121. The second-order valence-electron chi connectivity index (χ2n) is 6.52. The van der Waals surface area contributed by atoms with E-state index in [0.29, 0.717) is 6.54 Å². The van der Waals surface area contributed by atoms with Crippen molar-refractivity contribution in [3.8, 4) is 0 Å². The monoisotopic (exact) mass is 369 g/mol. The molecule has 1 N–H and O–H groups in total. The van der Waals surface area contributed by atoms with Gasteiger partial charge in [0.25, 0.3) is 5.56 Å². The highest BCUT2D eigenvalue weighted by Gasteiger charge is 2.15. The Morgan fingerprint density at radius 2 is 1.74 bits per heavy atom. The number of carbonyl (C=O) groups excluding carboxylic acids is 1. The van der Waals surface area contributed by atoms with E-state index in [4.69, 9.17) is 0 Å². The molecular weight excluding hydrogens is 346 g/mol. The summed E-state index contributed by atoms with van der Waals surface area (Å²) in [6, 6.07) is 8.32. The van der Waals surface area contributed by atoms with E-state index >= 15 is 0 Å². The molecule has 142 valence electrons. The third-order valence-electron chi connectivity index (χ3n) is 4.70. The van der Waals surface area contributed by atoms with E-state index < -0.39 is 11.2 Å². The van der Waals surface area contributed by atoms with E-state index in [1.54, 1.807) is 7.05 Å². The summed E-state index contributed by atoms with van der Waals surface area (Å²) in [5.74, 6) is -0.213. The van der Waals surface area contributed by atoms with Gasteiger partial charge in [0.1, 0.15) is 6.54 Å². The zero-order chi connectivity index (χ0) is 19.6. The average Bonchev–Trinajstić information content (AvgIpc) is 3.08. The van der Waals surface area contributed by atoms with Crippen LogP contribution in [0.25, 0.3) is 11.2 Å². The van der Waals surface area contributed by atoms with Crippen molar-refractivity contribution in [2.75, 3.05) is 6.54 Å². The fourth-order valence-corrected chi connectivity index (χ4v) is 3.02. The molecule has 0 unspecified atom stereocenters. The summed E-state index contributed by atoms with van der Waals surface area (Å²) in [6.45, 7) is 2.59. The first-order valence-electron chi connectivity index (χ1n) is 8.87. The number of aromatic nitrogens is 4. The molecular formula is C19H23N5O3. The quantitative estimate of drug-likeness (QED) is 0.679. The Hall–Kier alpha value is -3.16. The van der Waals surface area contributed by atoms with Gasteiger partial charge in [0.05, 0.1) is 6.33 Å². The lowest BCUT2D eigenvalue weighted by Gasteiger charge is -2.08. The van der Waals surface area contributed by atoms with Crippen molar-refractivity contribution in [3.63, 3.8) is 0 Å². The molecule has 8 nitrogen and oxygen atoms in total. The van der Waals surface area contributed by atoms with Crippen LogP contribution in [-0.2, 0) is 38.3 Å². The normalized spacial score (nSPS) is 11.1. The van der Waals surface area contributed by atoms with Crippen LogP contribution >= 0.6 is 0 Å². The zero-order valence-corrected chi connectivity index (χ0v) is 15.7. The van der Waals surface area contributed by atoms with Crippen LogP contribution in [0, 0.1) is 0 Å². The molecule has 1 aromatic carbocycles. The molecule has 0 fully saturated rings. The maximum atomic E-state index is 12.4. The van der Waals surface area contributed by atoms with E-state index in [-0.39, 0.29) is 23.6 Å². The molecule has 0 atom stereocenters. The molecule has 3 aromatic rings. The summed E-state index contributed by atoms with van der Waals surface area (Å²) in [5, 5.41) is 2.86. The second kappa shape index (κ2) is 7.61. The lowest BCUT2D eigenvalue weighted by Crippen LogP contribution is -2.38. The molecule has 3 rings (SSSR count). The van der Waals surface area contributed by atoms with Crippen molar-refractivity contribution < 1.29 is 4.79 Å². The van der Waals surface area contributed by atoms with Crippen LogP contribution in [0.15, 0.2) is 40.2 Å². The first-order chi connectivity index (χ1) is 12.9. The van der Waals surface area contributed by atoms with Crippen LogP contribution in [0.1, 0.15) is 18.1 Å². The van der Waals surface area contributed by atoms with Gasteiger partial charge in [0.2, 0.25) is 5.91 Å². The van der Waals surface area contributed by atoms with E-state index in [0.717, 1.165) is 23.0 Å². The maximum absolute atomic E-state index is 12.4. The predicted molar refractivity (Wildman–Crippen MR) is 103 cm³/mol. The number of benzene rings is 1. The molecule has 0 radical (unpaired) electrons. The van der Waals surface area contributed by atoms with E-state index in [9.17, 15) is 14.4 Å². The molecule has 2 aromatic heterocycles. The van der Waals surface area contributed by atoms with Gasteiger partial charge in [-0.25, -0.2) is 9.78 Å². The van der Waals surface area contributed by atoms with Crippen molar-refractivity contribution in [1.29, 1.82) is 0 Å². The standard InChI is InChI=1S/C19H23N5O3/c1-4-13-5-7-14(8-6-13)9-10-20-15(25)11-24-12-21-17-16(24)18(26)23(3)19(27)22(17)2/h5-8,12H,4,9-11H2,1-3H3,(H,20,25). The largest absolute Gasteiger partial charge is 0.354 e. The minimum absolute atomic E-state index is 0.0291. The van der Waals surface area contributed by atoms with Crippen LogP contribution < -0.4 is 16.6 Å². The molecule has 0 bridgehead atoms. The molecule has 2 heterocycles. The van der Waals surface area contributed by atoms with Crippen molar-refractivity contribution in [3.05, 3.63) is 62.6 Å². The Bertz CT molecular complexity index is 1090. The molecule has 1 amide bonds. The van der Waals surface area contributed by atoms with E-state index in [1.807, 2.05) is 0 Å². The van der Waals surface area contributed by atoms with Gasteiger partial charge >= 0.3 is 5.69 Å². The number of amides is 1. The first kappa shape index (κ1) is 18.6. The number of imidazole rings is 1. The van der Waals surface area contributed by atoms with Crippen LogP contribution in [0.3, 0.4) is 0 Å². The van der Waals surface area contributed by atoms with Crippen LogP contribution in [0.2, 0.25) is 0 Å². The Balaban J connectivity index is 1.67. The van der Waals surface area contributed by atoms with Crippen molar-refractivity contribution in [1.82, 2.24) is 24.0 Å². The number of nitrogens with zero attached hydrogens (tertiary/aromatic N) is 4. The molecule has 0 aliphatic heterocycles. The minimum Gasteiger partial charge on any atom is -0.354 e. The number of fused-ring (bicyclic) bond motifs is 1. The van der Waals surface area contributed by atoms with Gasteiger partial charge in [-0.15, -0.1) is 0 Å². The minimum atomic E-state index is -0.464. The summed E-state index contributed by atoms with van der Waals surface area (Å²) in [5.41, 5.74) is 2.04. The summed E-state index contributed by atoms with van der Waals surface area (Å²) < 4.78 is 3.78. The number of hydrogen-bond acceptors (Lipinski definition) is 4. The number of hydrogen-bond donors (Lipinski definition) is 1. The molecule has 0 spiro atoms. The molecule has 8 heteroatoms. The zero-order valence-electron chi connectivity index (χ0n) is 15.7. The average molecular weight is 369 g/mol. The van der Waals surface area contributed by atoms with Gasteiger partial charge in [-0.3, -0.25) is 18.7 Å². The highest BCUT2D eigenvalue weighted by Crippen LogP contribution is 2.06. The molecule has 0 aliphatic carbocycles. The van der Waals surface area contributed by atoms with Crippen LogP contribution in [0.5, 0.6) is 0 Å². The number of nitrogens with one attached hydrogen (secondary N) is 1. The molecule has 0 saturated heterocycles. The Morgan fingerprint density at radius 3 is 2.41 bits per heavy atom. The van der Waals surface area contributed by atoms with Gasteiger partial charge in [-0.2, -0.15) is 0 Å². The van der Waals surface area contributed by atoms with Crippen LogP contribution in [0.4, 0.5) is 0 Å². The van der Waals surface area contributed by atoms with E-state index in [2.05, 4.69) is 41.5 Å². The van der Waals surface area contributed by atoms with Gasteiger partial charge in [-0.05, 0) is 24.0 Å². The van der Waals surface area contributed by atoms with Crippen molar-refractivity contribution in [2.24, 2.45) is 14.1 Å². The third kappa shape index (κ3) is 3.69. The highest BCUT2D eigenvalue weighted by atomic mass is 16.2. The summed E-state index contributed by atoms with van der Waals surface area (Å²) in [6.07, 6.45) is 3.15. The molecule has 0 saturated carbocycles. The van der Waals surface area contributed by atoms with Crippen LogP contribution in [-0.4, -0.2) is 31.1 Å². The van der Waals surface area contributed by atoms with Gasteiger partial charge in [0, 0.05) is 20.6 Å². The number of rotatable bonds is 6. The topological polar surface area (TPSA) is 90.9 Å². The smallest absolute Gasteiger partial charge is 0.332 e. The fraction of sp³-hybridized carbons (Fsp3) is 0.368. The predicted octanol–water partition coefficient (Wildman–Crippen LogP) is 0.355. The number of aryl methyl sites for hydroxylation is 2. The van der Waals surface area contributed by atoms with E-state index in [1.165, 1.54) is 28.1 Å². The molecule has 0 aliphatic rings. The Kier molecular flexibility index (Phi) is 5.25. The summed E-state index contributed by atoms with van der Waals surface area (Å²) in [7, 11) is 2.96. The SMILES string of the molecule is CCc1ccc(CCNC(=O)Cn2cnc3c2c(=O)n(C)c(=O)n3C)cc1. The van der Waals surface area contributed by atoms with Gasteiger partial charge in [-0.1, -0.05) is 31.2 Å². The third-order valence-corrected chi connectivity index (χ3v) is 4.70. The van der Waals surface area contributed by atoms with Crippen molar-refractivity contribution in [2.45, 2.75) is 26.3 Å².